The van der Waals surface area contributed by atoms with Crippen LogP contribution in [0.25, 0.3) is 10.2 Å². The van der Waals surface area contributed by atoms with Crippen LogP contribution in [-0.2, 0) is 0 Å². The zero-order valence-corrected chi connectivity index (χ0v) is 12.0. The highest BCUT2D eigenvalue weighted by atomic mass is 32.1. The Morgan fingerprint density at radius 2 is 2.11 bits per heavy atom. The number of nitrogens with two attached hydrogens (primary N) is 1. The molecule has 1 aromatic heterocycles. The summed E-state index contributed by atoms with van der Waals surface area (Å²) in [6, 6.07) is 6.27. The number of aryl methyl sites for hydroxylation is 1. The van der Waals surface area contributed by atoms with Crippen LogP contribution in [0.15, 0.2) is 18.2 Å². The van der Waals surface area contributed by atoms with E-state index >= 15 is 0 Å². The van der Waals surface area contributed by atoms with E-state index < -0.39 is 0 Å². The van der Waals surface area contributed by atoms with Crippen molar-refractivity contribution in [3.05, 3.63) is 23.8 Å². The maximum absolute atomic E-state index is 6.07. The van der Waals surface area contributed by atoms with Crippen LogP contribution in [0.3, 0.4) is 0 Å². The predicted molar refractivity (Wildman–Crippen MR) is 80.0 cm³/mol. The summed E-state index contributed by atoms with van der Waals surface area (Å²) in [5, 5.41) is 2.72. The van der Waals surface area contributed by atoms with Gasteiger partial charge in [-0.1, -0.05) is 49.7 Å². The number of hydrazine groups is 1. The molecule has 0 aliphatic carbocycles. The average Bonchev–Trinajstić information content (AvgIpc) is 2.80. The van der Waals surface area contributed by atoms with Crippen LogP contribution in [0, 0.1) is 6.92 Å². The van der Waals surface area contributed by atoms with Crippen molar-refractivity contribution in [1.29, 1.82) is 0 Å². The third-order valence-electron chi connectivity index (χ3n) is 3.11. The fourth-order valence-electron chi connectivity index (χ4n) is 2.00. The van der Waals surface area contributed by atoms with Crippen molar-refractivity contribution in [2.24, 2.45) is 5.84 Å². The quantitative estimate of drug-likeness (QED) is 0.489. The molecule has 1 aromatic carbocycles. The molecule has 2 rings (SSSR count). The third-order valence-corrected chi connectivity index (χ3v) is 4.17. The first kappa shape index (κ1) is 13.3. The minimum Gasteiger partial charge on any atom is -0.286 e. The van der Waals surface area contributed by atoms with E-state index in [0.29, 0.717) is 0 Å². The fourth-order valence-corrected chi connectivity index (χ4v) is 2.99. The molecule has 2 aromatic rings. The molecule has 0 aliphatic heterocycles. The second-order valence-electron chi connectivity index (χ2n) is 4.67. The zero-order chi connectivity index (χ0) is 13.0. The third kappa shape index (κ3) is 3.00. The Hall–Kier alpha value is -1.13. The first-order chi connectivity index (χ1) is 8.72. The lowest BCUT2D eigenvalue weighted by Crippen LogP contribution is -2.31. The number of fused-ring (bicyclic) bond motifs is 1. The maximum atomic E-state index is 6.07. The summed E-state index contributed by atoms with van der Waals surface area (Å²) in [5.74, 6) is 6.07. The first-order valence-corrected chi connectivity index (χ1v) is 7.42. The number of rotatable bonds is 6. The molecule has 4 heteroatoms. The Balaban J connectivity index is 2.04. The van der Waals surface area contributed by atoms with Gasteiger partial charge in [-0.3, -0.25) is 5.01 Å². The summed E-state index contributed by atoms with van der Waals surface area (Å²) in [5.41, 5.74) is 2.30. The average molecular weight is 263 g/mol. The highest BCUT2D eigenvalue weighted by Crippen LogP contribution is 2.29. The fraction of sp³-hybridized carbons (Fsp3) is 0.500. The van der Waals surface area contributed by atoms with Gasteiger partial charge in [-0.15, -0.1) is 0 Å². The van der Waals surface area contributed by atoms with Crippen LogP contribution < -0.4 is 10.9 Å². The van der Waals surface area contributed by atoms with Crippen molar-refractivity contribution in [2.75, 3.05) is 11.6 Å². The van der Waals surface area contributed by atoms with E-state index in [-0.39, 0.29) is 0 Å². The molecule has 18 heavy (non-hydrogen) atoms. The zero-order valence-electron chi connectivity index (χ0n) is 11.1. The molecule has 0 spiro atoms. The van der Waals surface area contributed by atoms with Gasteiger partial charge in [0.2, 0.25) is 5.13 Å². The van der Waals surface area contributed by atoms with Gasteiger partial charge in [0, 0.05) is 6.54 Å². The van der Waals surface area contributed by atoms with E-state index in [9.17, 15) is 0 Å². The Morgan fingerprint density at radius 3 is 2.83 bits per heavy atom. The smallest absolute Gasteiger partial charge is 0.200 e. The Kier molecular flexibility index (Phi) is 4.55. The lowest BCUT2D eigenvalue weighted by atomic mass is 10.2. The number of hydrogen-bond acceptors (Lipinski definition) is 4. The molecule has 0 bridgehead atoms. The van der Waals surface area contributed by atoms with E-state index in [1.807, 2.05) is 0 Å². The van der Waals surface area contributed by atoms with Gasteiger partial charge in [0.1, 0.15) is 0 Å². The Morgan fingerprint density at radius 1 is 1.28 bits per heavy atom. The monoisotopic (exact) mass is 263 g/mol. The van der Waals surface area contributed by atoms with E-state index in [1.165, 1.54) is 29.5 Å². The molecule has 0 amide bonds. The molecule has 0 unspecified atom stereocenters. The Bertz CT molecular complexity index is 507. The van der Waals surface area contributed by atoms with Gasteiger partial charge in [-0.05, 0) is 25.0 Å². The van der Waals surface area contributed by atoms with Gasteiger partial charge in [-0.2, -0.15) is 0 Å². The van der Waals surface area contributed by atoms with Gasteiger partial charge >= 0.3 is 0 Å². The van der Waals surface area contributed by atoms with Gasteiger partial charge in [0.15, 0.2) is 0 Å². The molecule has 3 nitrogen and oxygen atoms in total. The molecular weight excluding hydrogens is 242 g/mol. The van der Waals surface area contributed by atoms with Gasteiger partial charge in [0.25, 0.3) is 0 Å². The van der Waals surface area contributed by atoms with Gasteiger partial charge < -0.3 is 0 Å². The van der Waals surface area contributed by atoms with E-state index in [4.69, 9.17) is 5.84 Å². The summed E-state index contributed by atoms with van der Waals surface area (Å²) < 4.78 is 1.22. The number of thiazole rings is 1. The van der Waals surface area contributed by atoms with Gasteiger partial charge in [0.05, 0.1) is 10.2 Å². The predicted octanol–water partition coefficient (Wildman–Crippen LogP) is 3.87. The minimum absolute atomic E-state index is 0.888. The highest BCUT2D eigenvalue weighted by molar-refractivity contribution is 7.22. The number of anilines is 1. The number of benzene rings is 1. The number of unbranched alkanes of at least 4 members (excludes halogenated alkanes) is 3. The summed E-state index contributed by atoms with van der Waals surface area (Å²) in [6.07, 6.45) is 4.92. The van der Waals surface area contributed by atoms with E-state index in [0.717, 1.165) is 23.6 Å². The van der Waals surface area contributed by atoms with Crippen molar-refractivity contribution >= 4 is 26.7 Å². The normalized spacial score (nSPS) is 11.1. The first-order valence-electron chi connectivity index (χ1n) is 6.60. The highest BCUT2D eigenvalue weighted by Gasteiger charge is 2.09. The molecule has 0 radical (unpaired) electrons. The number of hydrogen-bond donors (Lipinski definition) is 1. The molecule has 0 saturated carbocycles. The standard InChI is InChI=1S/C14H21N3S/c1-3-4-5-6-10-17(15)14-16-13-11(2)8-7-9-12(13)18-14/h7-9H,3-6,10,15H2,1-2H3. The summed E-state index contributed by atoms with van der Waals surface area (Å²) in [6.45, 7) is 5.20. The number of aromatic nitrogens is 1. The summed E-state index contributed by atoms with van der Waals surface area (Å²) in [7, 11) is 0. The molecule has 98 valence electrons. The topological polar surface area (TPSA) is 42.1 Å². The SMILES string of the molecule is CCCCCCN(N)c1nc2c(C)cccc2s1. The van der Waals surface area contributed by atoms with Crippen LogP contribution in [-0.4, -0.2) is 11.5 Å². The summed E-state index contributed by atoms with van der Waals surface area (Å²) in [4.78, 5) is 4.63. The van der Waals surface area contributed by atoms with Crippen LogP contribution in [0.1, 0.15) is 38.2 Å². The molecular formula is C14H21N3S. The van der Waals surface area contributed by atoms with E-state index in [1.54, 1.807) is 16.3 Å². The minimum atomic E-state index is 0.888. The molecule has 0 saturated heterocycles. The van der Waals surface area contributed by atoms with Crippen LogP contribution in [0.5, 0.6) is 0 Å². The van der Waals surface area contributed by atoms with Crippen molar-refractivity contribution in [2.45, 2.75) is 39.5 Å². The van der Waals surface area contributed by atoms with E-state index in [2.05, 4.69) is 37.0 Å². The van der Waals surface area contributed by atoms with Crippen LogP contribution >= 0.6 is 11.3 Å². The van der Waals surface area contributed by atoms with Crippen molar-refractivity contribution in [1.82, 2.24) is 4.98 Å². The maximum Gasteiger partial charge on any atom is 0.200 e. The molecule has 1 heterocycles. The molecule has 0 fully saturated rings. The van der Waals surface area contributed by atoms with Gasteiger partial charge in [-0.25, -0.2) is 10.8 Å². The second-order valence-corrected chi connectivity index (χ2v) is 5.68. The lowest BCUT2D eigenvalue weighted by Gasteiger charge is -2.14. The summed E-state index contributed by atoms with van der Waals surface area (Å²) >= 11 is 1.67. The molecule has 0 atom stereocenters. The molecule has 0 aliphatic rings. The van der Waals surface area contributed by atoms with Crippen molar-refractivity contribution < 1.29 is 0 Å². The number of nitrogens with zero attached hydrogens (tertiary/aromatic N) is 2. The molecule has 2 N–H and O–H groups in total. The van der Waals surface area contributed by atoms with Crippen molar-refractivity contribution in [3.8, 4) is 0 Å². The number of para-hydroxylation sites is 1. The lowest BCUT2D eigenvalue weighted by molar-refractivity contribution is 0.650. The van der Waals surface area contributed by atoms with Crippen LogP contribution in [0.2, 0.25) is 0 Å². The largest absolute Gasteiger partial charge is 0.286 e. The van der Waals surface area contributed by atoms with Crippen molar-refractivity contribution in [3.63, 3.8) is 0 Å². The second kappa shape index (κ2) is 6.16. The van der Waals surface area contributed by atoms with Crippen LogP contribution in [0.4, 0.5) is 5.13 Å². The Labute approximate surface area is 113 Å².